The van der Waals surface area contributed by atoms with Gasteiger partial charge in [-0.05, 0) is 35.4 Å². The maximum atomic E-state index is 13.2. The molecule has 2 aromatic carbocycles. The second kappa shape index (κ2) is 8.94. The highest BCUT2D eigenvalue weighted by atomic mass is 32.2. The summed E-state index contributed by atoms with van der Waals surface area (Å²) >= 11 is 1.49. The van der Waals surface area contributed by atoms with Gasteiger partial charge in [0.1, 0.15) is 11.4 Å². The van der Waals surface area contributed by atoms with E-state index >= 15 is 0 Å². The number of thiophene rings is 1. The third-order valence-corrected chi connectivity index (χ3v) is 9.26. The van der Waals surface area contributed by atoms with Crippen LogP contribution in [-0.4, -0.2) is 59.3 Å². The second-order valence-corrected chi connectivity index (χ2v) is 11.3. The molecule has 1 saturated heterocycles. The van der Waals surface area contributed by atoms with E-state index in [-0.39, 0.29) is 49.1 Å². The number of rotatable bonds is 5. The lowest BCUT2D eigenvalue weighted by atomic mass is 10.1. The molecule has 0 radical (unpaired) electrons. The molecule has 0 spiro atoms. The van der Waals surface area contributed by atoms with Crippen LogP contribution in [0.15, 0.2) is 64.5 Å². The first kappa shape index (κ1) is 22.7. The number of carbonyl (C=O) groups excluding carboxylic acids is 1. The van der Waals surface area contributed by atoms with Gasteiger partial charge < -0.3 is 4.90 Å². The number of nitrogens with zero attached hydrogens (tertiary/aromatic N) is 4. The first-order chi connectivity index (χ1) is 16.4. The molecule has 1 aliphatic heterocycles. The third-order valence-electron chi connectivity index (χ3n) is 6.17. The van der Waals surface area contributed by atoms with Crippen molar-refractivity contribution in [2.24, 2.45) is 0 Å². The van der Waals surface area contributed by atoms with Gasteiger partial charge in [-0.1, -0.05) is 37.3 Å². The normalized spacial score (nSPS) is 15.3. The van der Waals surface area contributed by atoms with Gasteiger partial charge in [0.25, 0.3) is 5.56 Å². The number of fused-ring (bicyclic) bond motifs is 2. The summed E-state index contributed by atoms with van der Waals surface area (Å²) < 4.78 is 29.1. The van der Waals surface area contributed by atoms with Crippen molar-refractivity contribution in [2.45, 2.75) is 24.8 Å². The van der Waals surface area contributed by atoms with E-state index in [1.807, 2.05) is 43.3 Å². The van der Waals surface area contributed by atoms with Crippen LogP contribution >= 0.6 is 11.3 Å². The van der Waals surface area contributed by atoms with Crippen molar-refractivity contribution < 1.29 is 13.2 Å². The van der Waals surface area contributed by atoms with Crippen molar-refractivity contribution in [1.82, 2.24) is 18.8 Å². The molecule has 0 bridgehead atoms. The highest BCUT2D eigenvalue weighted by molar-refractivity contribution is 7.89. The highest BCUT2D eigenvalue weighted by Crippen LogP contribution is 2.23. The fourth-order valence-corrected chi connectivity index (χ4v) is 6.58. The summed E-state index contributed by atoms with van der Waals surface area (Å²) in [4.78, 5) is 33.6. The average molecular weight is 497 g/mol. The Bertz CT molecular complexity index is 1550. The van der Waals surface area contributed by atoms with Crippen molar-refractivity contribution in [2.75, 3.05) is 26.2 Å². The Morgan fingerprint density at radius 1 is 1.03 bits per heavy atom. The summed E-state index contributed by atoms with van der Waals surface area (Å²) in [6, 6.07) is 14.6. The Labute approximate surface area is 201 Å². The number of hydrogen-bond donors (Lipinski definition) is 0. The highest BCUT2D eigenvalue weighted by Gasteiger charge is 2.30. The summed E-state index contributed by atoms with van der Waals surface area (Å²) in [7, 11) is -3.66. The summed E-state index contributed by atoms with van der Waals surface area (Å²) in [6.45, 7) is 2.86. The molecule has 1 aliphatic rings. The molecule has 0 saturated carbocycles. The van der Waals surface area contributed by atoms with Gasteiger partial charge in [0.15, 0.2) is 0 Å². The topological polar surface area (TPSA) is 92.6 Å². The maximum absolute atomic E-state index is 13.2. The van der Waals surface area contributed by atoms with Gasteiger partial charge in [0.05, 0.1) is 16.6 Å². The molecule has 34 heavy (non-hydrogen) atoms. The Morgan fingerprint density at radius 2 is 1.76 bits per heavy atom. The van der Waals surface area contributed by atoms with Crippen molar-refractivity contribution in [3.63, 3.8) is 0 Å². The van der Waals surface area contributed by atoms with E-state index in [1.165, 1.54) is 26.5 Å². The Morgan fingerprint density at radius 3 is 2.50 bits per heavy atom. The fourth-order valence-electron chi connectivity index (χ4n) is 4.20. The lowest BCUT2D eigenvalue weighted by molar-refractivity contribution is -0.133. The summed E-state index contributed by atoms with van der Waals surface area (Å²) in [5, 5.41) is 2.38. The van der Waals surface area contributed by atoms with Crippen LogP contribution < -0.4 is 5.56 Å². The summed E-state index contributed by atoms with van der Waals surface area (Å²) in [5.74, 6) is -0.225. The van der Waals surface area contributed by atoms with Crippen LogP contribution in [-0.2, 0) is 27.8 Å². The van der Waals surface area contributed by atoms with Crippen LogP contribution in [0.25, 0.3) is 21.0 Å². The third kappa shape index (κ3) is 4.13. The predicted molar refractivity (Wildman–Crippen MR) is 133 cm³/mol. The van der Waals surface area contributed by atoms with Crippen molar-refractivity contribution in [1.29, 1.82) is 0 Å². The first-order valence-electron chi connectivity index (χ1n) is 11.1. The van der Waals surface area contributed by atoms with Crippen LogP contribution in [0.5, 0.6) is 0 Å². The van der Waals surface area contributed by atoms with Crippen molar-refractivity contribution in [3.8, 4) is 0 Å². The number of carbonyl (C=O) groups is 1. The first-order valence-corrected chi connectivity index (χ1v) is 13.4. The van der Waals surface area contributed by atoms with Crippen LogP contribution in [0.4, 0.5) is 0 Å². The van der Waals surface area contributed by atoms with E-state index in [9.17, 15) is 18.0 Å². The number of aryl methyl sites for hydroxylation is 1. The minimum absolute atomic E-state index is 0.115. The summed E-state index contributed by atoms with van der Waals surface area (Å²) in [5.41, 5.74) is -0.230. The van der Waals surface area contributed by atoms with Crippen molar-refractivity contribution >= 4 is 48.3 Å². The maximum Gasteiger partial charge on any atom is 0.262 e. The van der Waals surface area contributed by atoms with Crippen LogP contribution in [0.1, 0.15) is 11.8 Å². The quantitative estimate of drug-likeness (QED) is 0.424. The summed E-state index contributed by atoms with van der Waals surface area (Å²) in [6.07, 6.45) is 2.24. The Kier molecular flexibility index (Phi) is 5.97. The van der Waals surface area contributed by atoms with E-state index in [1.54, 1.807) is 17.0 Å². The largest absolute Gasteiger partial charge is 0.338 e. The van der Waals surface area contributed by atoms with Gasteiger partial charge in [-0.15, -0.1) is 11.3 Å². The average Bonchev–Trinajstić information content (AvgIpc) is 3.30. The molecule has 5 rings (SSSR count). The van der Waals surface area contributed by atoms with Gasteiger partial charge in [-0.3, -0.25) is 14.2 Å². The second-order valence-electron chi connectivity index (χ2n) is 8.26. The molecular formula is C24H24N4O4S2. The van der Waals surface area contributed by atoms with Gasteiger partial charge in [0.2, 0.25) is 15.9 Å². The monoisotopic (exact) mass is 496 g/mol. The fraction of sp³-hybridized carbons (Fsp3) is 0.292. The molecule has 0 N–H and O–H groups in total. The molecule has 8 nitrogen and oxygen atoms in total. The molecule has 0 unspecified atom stereocenters. The number of hydrogen-bond acceptors (Lipinski definition) is 6. The molecule has 3 heterocycles. The van der Waals surface area contributed by atoms with Crippen LogP contribution in [0.2, 0.25) is 0 Å². The Hall–Kier alpha value is -3.08. The zero-order valence-electron chi connectivity index (χ0n) is 18.7. The molecule has 2 aromatic heterocycles. The van der Waals surface area contributed by atoms with Crippen LogP contribution in [0, 0.1) is 0 Å². The van der Waals surface area contributed by atoms with Crippen LogP contribution in [0.3, 0.4) is 0 Å². The van der Waals surface area contributed by atoms with Gasteiger partial charge in [-0.25, -0.2) is 13.4 Å². The van der Waals surface area contributed by atoms with E-state index in [4.69, 9.17) is 0 Å². The zero-order valence-corrected chi connectivity index (χ0v) is 20.3. The molecular weight excluding hydrogens is 472 g/mol. The number of benzene rings is 2. The van der Waals surface area contributed by atoms with Crippen molar-refractivity contribution in [3.05, 3.63) is 70.1 Å². The number of sulfonamides is 1. The van der Waals surface area contributed by atoms with Gasteiger partial charge in [-0.2, -0.15) is 4.31 Å². The minimum Gasteiger partial charge on any atom is -0.338 e. The van der Waals surface area contributed by atoms with Gasteiger partial charge >= 0.3 is 0 Å². The number of amides is 1. The van der Waals surface area contributed by atoms with E-state index in [2.05, 4.69) is 4.98 Å². The van der Waals surface area contributed by atoms with E-state index in [0.29, 0.717) is 10.2 Å². The minimum atomic E-state index is -3.66. The smallest absolute Gasteiger partial charge is 0.262 e. The Balaban J connectivity index is 1.27. The molecule has 10 heteroatoms. The molecule has 176 valence electrons. The zero-order chi connectivity index (χ0) is 23.9. The van der Waals surface area contributed by atoms with Gasteiger partial charge in [0, 0.05) is 31.1 Å². The standard InChI is InChI=1S/C24H24N4O4S2/c1-2-19-14-21-23(33-19)25-16-27(24(21)30)15-22(29)26-9-11-28(12-10-26)34(31,32)20-8-7-17-5-3-4-6-18(17)13-20/h3-8,13-14,16H,2,9-12,15H2,1H3. The molecule has 1 fully saturated rings. The molecule has 0 atom stereocenters. The lowest BCUT2D eigenvalue weighted by Gasteiger charge is -2.34. The molecule has 4 aromatic rings. The van der Waals surface area contributed by atoms with E-state index in [0.717, 1.165) is 22.1 Å². The lowest BCUT2D eigenvalue weighted by Crippen LogP contribution is -2.51. The SMILES string of the molecule is CCc1cc2c(=O)n(CC(=O)N3CCN(S(=O)(=O)c4ccc5ccccc5c4)CC3)cnc2s1. The van der Waals surface area contributed by atoms with E-state index < -0.39 is 10.0 Å². The number of aromatic nitrogens is 2. The number of piperazine rings is 1. The predicted octanol–water partition coefficient (Wildman–Crippen LogP) is 2.71. The molecule has 0 aliphatic carbocycles. The molecule has 1 amide bonds.